The highest BCUT2D eigenvalue weighted by Crippen LogP contribution is 2.24. The number of aromatic nitrogens is 1. The lowest BCUT2D eigenvalue weighted by atomic mass is 10.1. The van der Waals surface area contributed by atoms with Gasteiger partial charge >= 0.3 is 0 Å². The van der Waals surface area contributed by atoms with Crippen LogP contribution < -0.4 is 5.56 Å². The molecule has 1 heterocycles. The van der Waals surface area contributed by atoms with Crippen molar-refractivity contribution in [3.05, 3.63) is 44.8 Å². The summed E-state index contributed by atoms with van der Waals surface area (Å²) in [6, 6.07) is 7.67. The van der Waals surface area contributed by atoms with E-state index in [1.807, 2.05) is 24.3 Å². The number of hydrogen-bond donors (Lipinski definition) is 1. The summed E-state index contributed by atoms with van der Waals surface area (Å²) in [7, 11) is 0. The Labute approximate surface area is 103 Å². The van der Waals surface area contributed by atoms with E-state index in [1.54, 1.807) is 0 Å². The molecule has 1 aromatic carbocycles. The second-order valence-corrected chi connectivity index (χ2v) is 4.69. The van der Waals surface area contributed by atoms with Crippen molar-refractivity contribution < 1.29 is 0 Å². The van der Waals surface area contributed by atoms with E-state index in [4.69, 9.17) is 0 Å². The molecule has 0 aliphatic carbocycles. The number of pyridine rings is 1. The van der Waals surface area contributed by atoms with Crippen molar-refractivity contribution in [1.82, 2.24) is 4.98 Å². The van der Waals surface area contributed by atoms with Gasteiger partial charge in [-0.1, -0.05) is 31.5 Å². The van der Waals surface area contributed by atoms with Crippen LogP contribution in [0.2, 0.25) is 0 Å². The standard InChI is InChI=1S/C13H14BrNO/c1-2-3-8-11-12(14)9-6-4-5-7-10(9)13(16)15-11/h4-7H,2-3,8H2,1H3,(H,15,16). The van der Waals surface area contributed by atoms with Crippen molar-refractivity contribution in [1.29, 1.82) is 0 Å². The van der Waals surface area contributed by atoms with Gasteiger partial charge in [-0.25, -0.2) is 0 Å². The number of benzene rings is 1. The molecule has 1 aromatic heterocycles. The number of aryl methyl sites for hydroxylation is 1. The quantitative estimate of drug-likeness (QED) is 0.914. The zero-order valence-electron chi connectivity index (χ0n) is 9.22. The molecule has 0 aliphatic heterocycles. The first-order chi connectivity index (χ1) is 7.74. The number of unbranched alkanes of at least 4 members (excludes halogenated alkanes) is 1. The minimum absolute atomic E-state index is 0.00454. The van der Waals surface area contributed by atoms with Crippen LogP contribution >= 0.6 is 15.9 Å². The van der Waals surface area contributed by atoms with Crippen molar-refractivity contribution in [2.24, 2.45) is 0 Å². The highest BCUT2D eigenvalue weighted by molar-refractivity contribution is 9.10. The summed E-state index contributed by atoms with van der Waals surface area (Å²) < 4.78 is 1.02. The Bertz CT molecular complexity index is 559. The van der Waals surface area contributed by atoms with Crippen LogP contribution in [0.5, 0.6) is 0 Å². The van der Waals surface area contributed by atoms with E-state index in [9.17, 15) is 4.79 Å². The fourth-order valence-corrected chi connectivity index (χ4v) is 2.46. The van der Waals surface area contributed by atoms with Gasteiger partial charge in [0.05, 0.1) is 0 Å². The maximum absolute atomic E-state index is 11.8. The third-order valence-electron chi connectivity index (χ3n) is 2.72. The summed E-state index contributed by atoms with van der Waals surface area (Å²) in [6.45, 7) is 2.15. The van der Waals surface area contributed by atoms with Gasteiger partial charge in [0.1, 0.15) is 0 Å². The molecule has 2 nitrogen and oxygen atoms in total. The largest absolute Gasteiger partial charge is 0.325 e. The summed E-state index contributed by atoms with van der Waals surface area (Å²) in [5, 5.41) is 1.74. The predicted molar refractivity (Wildman–Crippen MR) is 70.9 cm³/mol. The van der Waals surface area contributed by atoms with E-state index < -0.39 is 0 Å². The number of nitrogens with one attached hydrogen (secondary N) is 1. The van der Waals surface area contributed by atoms with Crippen LogP contribution in [0.25, 0.3) is 10.8 Å². The first kappa shape index (κ1) is 11.4. The summed E-state index contributed by atoms with van der Waals surface area (Å²) in [5.41, 5.74) is 1.01. The molecule has 0 radical (unpaired) electrons. The van der Waals surface area contributed by atoms with Crippen molar-refractivity contribution in [3.8, 4) is 0 Å². The van der Waals surface area contributed by atoms with Gasteiger partial charge in [0.25, 0.3) is 5.56 Å². The van der Waals surface area contributed by atoms with E-state index in [0.29, 0.717) is 0 Å². The summed E-state index contributed by atoms with van der Waals surface area (Å²) in [5.74, 6) is 0. The molecule has 2 rings (SSSR count). The number of hydrogen-bond acceptors (Lipinski definition) is 1. The number of fused-ring (bicyclic) bond motifs is 1. The average molecular weight is 280 g/mol. The van der Waals surface area contributed by atoms with Gasteiger partial charge in [-0.05, 0) is 34.8 Å². The van der Waals surface area contributed by atoms with Crippen LogP contribution in [0.15, 0.2) is 33.5 Å². The molecule has 0 bridgehead atoms. The Balaban J connectivity index is 2.61. The fourth-order valence-electron chi connectivity index (χ4n) is 1.82. The molecule has 0 aliphatic rings. The lowest BCUT2D eigenvalue weighted by molar-refractivity contribution is 0.773. The maximum atomic E-state index is 11.8. The van der Waals surface area contributed by atoms with Crippen molar-refractivity contribution in [2.75, 3.05) is 0 Å². The second kappa shape index (κ2) is 4.83. The van der Waals surface area contributed by atoms with Gasteiger partial charge in [0.15, 0.2) is 0 Å². The monoisotopic (exact) mass is 279 g/mol. The third-order valence-corrected chi connectivity index (χ3v) is 3.62. The summed E-state index contributed by atoms with van der Waals surface area (Å²) >= 11 is 3.58. The van der Waals surface area contributed by atoms with Gasteiger partial charge in [-0.2, -0.15) is 0 Å². The average Bonchev–Trinajstić information content (AvgIpc) is 2.32. The Kier molecular flexibility index (Phi) is 3.44. The van der Waals surface area contributed by atoms with Crippen LogP contribution in [0.3, 0.4) is 0 Å². The molecule has 0 spiro atoms. The maximum Gasteiger partial charge on any atom is 0.256 e. The Morgan fingerprint density at radius 2 is 1.94 bits per heavy atom. The molecular weight excluding hydrogens is 266 g/mol. The minimum Gasteiger partial charge on any atom is -0.325 e. The molecular formula is C13H14BrNO. The number of halogens is 1. The van der Waals surface area contributed by atoms with Gasteiger partial charge < -0.3 is 4.98 Å². The number of H-pyrrole nitrogens is 1. The van der Waals surface area contributed by atoms with E-state index in [1.165, 1.54) is 0 Å². The molecule has 0 atom stereocenters. The van der Waals surface area contributed by atoms with E-state index in [-0.39, 0.29) is 5.56 Å². The molecule has 1 N–H and O–H groups in total. The molecule has 0 unspecified atom stereocenters. The van der Waals surface area contributed by atoms with E-state index in [2.05, 4.69) is 27.8 Å². The zero-order valence-corrected chi connectivity index (χ0v) is 10.8. The minimum atomic E-state index is 0.00454. The van der Waals surface area contributed by atoms with Gasteiger partial charge in [-0.15, -0.1) is 0 Å². The van der Waals surface area contributed by atoms with Crippen molar-refractivity contribution in [2.45, 2.75) is 26.2 Å². The highest BCUT2D eigenvalue weighted by Gasteiger charge is 2.07. The third kappa shape index (κ3) is 2.05. The molecule has 16 heavy (non-hydrogen) atoms. The Morgan fingerprint density at radius 3 is 2.62 bits per heavy atom. The van der Waals surface area contributed by atoms with Crippen LogP contribution in [-0.4, -0.2) is 4.98 Å². The fraction of sp³-hybridized carbons (Fsp3) is 0.308. The van der Waals surface area contributed by atoms with E-state index in [0.717, 1.165) is 40.2 Å². The summed E-state index contributed by atoms with van der Waals surface area (Å²) in [6.07, 6.45) is 3.13. The molecule has 0 fully saturated rings. The molecule has 0 amide bonds. The SMILES string of the molecule is CCCCc1[nH]c(=O)c2ccccc2c1Br. The normalized spacial score (nSPS) is 10.9. The highest BCUT2D eigenvalue weighted by atomic mass is 79.9. The first-order valence-corrected chi connectivity index (χ1v) is 6.32. The topological polar surface area (TPSA) is 32.9 Å². The smallest absolute Gasteiger partial charge is 0.256 e. The van der Waals surface area contributed by atoms with Crippen LogP contribution in [0, 0.1) is 0 Å². The second-order valence-electron chi connectivity index (χ2n) is 3.90. The lowest BCUT2D eigenvalue weighted by Gasteiger charge is -2.06. The molecule has 3 heteroatoms. The molecule has 84 valence electrons. The first-order valence-electron chi connectivity index (χ1n) is 5.53. The Morgan fingerprint density at radius 1 is 1.25 bits per heavy atom. The zero-order chi connectivity index (χ0) is 11.5. The van der Waals surface area contributed by atoms with Crippen LogP contribution in [0.4, 0.5) is 0 Å². The summed E-state index contributed by atoms with van der Waals surface area (Å²) in [4.78, 5) is 14.8. The van der Waals surface area contributed by atoms with E-state index >= 15 is 0 Å². The molecule has 2 aromatic rings. The van der Waals surface area contributed by atoms with Crippen LogP contribution in [0.1, 0.15) is 25.5 Å². The number of rotatable bonds is 3. The molecule has 0 saturated heterocycles. The van der Waals surface area contributed by atoms with Crippen LogP contribution in [-0.2, 0) is 6.42 Å². The van der Waals surface area contributed by atoms with Gasteiger partial charge in [-0.3, -0.25) is 4.79 Å². The van der Waals surface area contributed by atoms with Crippen molar-refractivity contribution in [3.63, 3.8) is 0 Å². The van der Waals surface area contributed by atoms with Crippen molar-refractivity contribution >= 4 is 26.7 Å². The Hall–Kier alpha value is -1.09. The lowest BCUT2D eigenvalue weighted by Crippen LogP contribution is -2.10. The van der Waals surface area contributed by atoms with Gasteiger partial charge in [0.2, 0.25) is 0 Å². The number of aromatic amines is 1. The molecule has 0 saturated carbocycles. The predicted octanol–water partition coefficient (Wildman–Crippen LogP) is 3.63. The van der Waals surface area contributed by atoms with Gasteiger partial charge in [0, 0.05) is 20.9 Å².